The Bertz CT molecular complexity index is 160. The number of carbonyl (C=O) groups excluding carboxylic acids is 1. The number of rotatable bonds is 9. The molecule has 90 valence electrons. The Hall–Kier alpha value is -0.0500. The zero-order valence-corrected chi connectivity index (χ0v) is 11.6. The molecule has 0 spiro atoms. The van der Waals surface area contributed by atoms with E-state index in [1.165, 1.54) is 25.7 Å². The van der Waals surface area contributed by atoms with Gasteiger partial charge in [-0.2, -0.15) is 0 Å². The van der Waals surface area contributed by atoms with E-state index in [2.05, 4.69) is 35.1 Å². The van der Waals surface area contributed by atoms with Gasteiger partial charge < -0.3 is 5.32 Å². The summed E-state index contributed by atoms with van der Waals surface area (Å²) in [5.74, 6) is 0.984. The van der Waals surface area contributed by atoms with Crippen molar-refractivity contribution in [3.8, 4) is 0 Å². The molecular weight excluding hydrogens is 254 g/mol. The van der Waals surface area contributed by atoms with E-state index in [0.29, 0.717) is 6.42 Å². The Kier molecular flexibility index (Phi) is 10.4. The average Bonchev–Trinajstić information content (AvgIpc) is 2.16. The largest absolute Gasteiger partial charge is 0.356 e. The Labute approximate surface area is 102 Å². The van der Waals surface area contributed by atoms with Crippen LogP contribution in [0.25, 0.3) is 0 Å². The second-order valence-corrected chi connectivity index (χ2v) is 5.18. The predicted octanol–water partition coefficient (Wildman–Crippen LogP) is 3.49. The van der Waals surface area contributed by atoms with Gasteiger partial charge in [-0.1, -0.05) is 55.5 Å². The van der Waals surface area contributed by atoms with Crippen molar-refractivity contribution >= 4 is 21.8 Å². The number of amides is 1. The summed E-state index contributed by atoms with van der Waals surface area (Å²) in [7, 11) is 0. The second kappa shape index (κ2) is 10.5. The first kappa shape index (κ1) is 14.9. The predicted molar refractivity (Wildman–Crippen MR) is 69.3 cm³/mol. The first-order chi connectivity index (χ1) is 7.16. The van der Waals surface area contributed by atoms with Crippen LogP contribution in [0.5, 0.6) is 0 Å². The minimum Gasteiger partial charge on any atom is -0.356 e. The highest BCUT2D eigenvalue weighted by Gasteiger charge is 1.98. The van der Waals surface area contributed by atoms with E-state index >= 15 is 0 Å². The van der Waals surface area contributed by atoms with E-state index in [1.807, 2.05) is 0 Å². The Balaban J connectivity index is 3.08. The SMILES string of the molecule is CC(C)CCCCCCNC(=O)CCBr. The summed E-state index contributed by atoms with van der Waals surface area (Å²) in [5.41, 5.74) is 0. The number of alkyl halides is 1. The summed E-state index contributed by atoms with van der Waals surface area (Å²) in [6.45, 7) is 5.37. The molecule has 0 saturated carbocycles. The van der Waals surface area contributed by atoms with Gasteiger partial charge in [0.15, 0.2) is 0 Å². The molecule has 1 amide bonds. The van der Waals surface area contributed by atoms with Gasteiger partial charge in [-0.15, -0.1) is 0 Å². The van der Waals surface area contributed by atoms with Gasteiger partial charge in [-0.05, 0) is 12.3 Å². The maximum Gasteiger partial charge on any atom is 0.220 e. The summed E-state index contributed by atoms with van der Waals surface area (Å²) in [6, 6.07) is 0. The van der Waals surface area contributed by atoms with E-state index in [0.717, 1.165) is 24.2 Å². The fourth-order valence-corrected chi connectivity index (χ4v) is 1.79. The number of carbonyl (C=O) groups is 1. The minimum atomic E-state index is 0.161. The van der Waals surface area contributed by atoms with Crippen molar-refractivity contribution in [2.24, 2.45) is 5.92 Å². The van der Waals surface area contributed by atoms with Gasteiger partial charge in [0.05, 0.1) is 0 Å². The van der Waals surface area contributed by atoms with Gasteiger partial charge in [0.1, 0.15) is 0 Å². The van der Waals surface area contributed by atoms with Crippen LogP contribution in [0.1, 0.15) is 52.4 Å². The van der Waals surface area contributed by atoms with Crippen molar-refractivity contribution < 1.29 is 4.79 Å². The lowest BCUT2D eigenvalue weighted by Crippen LogP contribution is -2.24. The lowest BCUT2D eigenvalue weighted by atomic mass is 10.0. The second-order valence-electron chi connectivity index (χ2n) is 4.39. The molecular formula is C12H24BrNO. The molecule has 0 aromatic heterocycles. The third-order valence-corrected chi connectivity index (χ3v) is 2.75. The number of nitrogens with one attached hydrogen (secondary N) is 1. The van der Waals surface area contributed by atoms with Crippen LogP contribution in [0.3, 0.4) is 0 Å². The number of hydrogen-bond acceptors (Lipinski definition) is 1. The van der Waals surface area contributed by atoms with Crippen LogP contribution in [0.4, 0.5) is 0 Å². The molecule has 0 aliphatic carbocycles. The van der Waals surface area contributed by atoms with Crippen molar-refractivity contribution in [1.29, 1.82) is 0 Å². The number of unbranched alkanes of at least 4 members (excludes halogenated alkanes) is 3. The summed E-state index contributed by atoms with van der Waals surface area (Å²) in [4.78, 5) is 11.1. The molecule has 1 N–H and O–H groups in total. The van der Waals surface area contributed by atoms with Gasteiger partial charge in [0, 0.05) is 18.3 Å². The van der Waals surface area contributed by atoms with E-state index in [1.54, 1.807) is 0 Å². The molecule has 2 nitrogen and oxygen atoms in total. The molecule has 15 heavy (non-hydrogen) atoms. The summed E-state index contributed by atoms with van der Waals surface area (Å²) in [6.07, 6.45) is 6.90. The highest BCUT2D eigenvalue weighted by atomic mass is 79.9. The van der Waals surface area contributed by atoms with Crippen LogP contribution in [-0.4, -0.2) is 17.8 Å². The van der Waals surface area contributed by atoms with Gasteiger partial charge >= 0.3 is 0 Å². The monoisotopic (exact) mass is 277 g/mol. The smallest absolute Gasteiger partial charge is 0.220 e. The molecule has 0 rings (SSSR count). The van der Waals surface area contributed by atoms with Crippen molar-refractivity contribution in [2.45, 2.75) is 52.4 Å². The summed E-state index contributed by atoms with van der Waals surface area (Å²) >= 11 is 3.25. The first-order valence-corrected chi connectivity index (χ1v) is 7.11. The van der Waals surface area contributed by atoms with Gasteiger partial charge in [0.25, 0.3) is 0 Å². The minimum absolute atomic E-state index is 0.161. The molecule has 0 radical (unpaired) electrons. The van der Waals surface area contributed by atoms with Crippen molar-refractivity contribution in [1.82, 2.24) is 5.32 Å². The third kappa shape index (κ3) is 11.9. The molecule has 0 saturated heterocycles. The third-order valence-electron chi connectivity index (χ3n) is 2.35. The molecule has 0 aliphatic rings. The van der Waals surface area contributed by atoms with E-state index in [-0.39, 0.29) is 5.91 Å². The standard InChI is InChI=1S/C12H24BrNO/c1-11(2)7-5-3-4-6-10-14-12(15)8-9-13/h11H,3-10H2,1-2H3,(H,14,15). The highest BCUT2D eigenvalue weighted by Crippen LogP contribution is 2.08. The summed E-state index contributed by atoms with van der Waals surface area (Å²) in [5, 5.41) is 3.67. The topological polar surface area (TPSA) is 29.1 Å². The molecule has 0 aromatic carbocycles. The average molecular weight is 278 g/mol. The van der Waals surface area contributed by atoms with Crippen molar-refractivity contribution in [3.05, 3.63) is 0 Å². The van der Waals surface area contributed by atoms with Crippen LogP contribution >= 0.6 is 15.9 Å². The maximum atomic E-state index is 11.1. The normalized spacial score (nSPS) is 10.7. The molecule has 3 heteroatoms. The van der Waals surface area contributed by atoms with Crippen LogP contribution in [-0.2, 0) is 4.79 Å². The summed E-state index contributed by atoms with van der Waals surface area (Å²) < 4.78 is 0. The van der Waals surface area contributed by atoms with Crippen LogP contribution in [0, 0.1) is 5.92 Å². The van der Waals surface area contributed by atoms with Gasteiger partial charge in [-0.25, -0.2) is 0 Å². The fourth-order valence-electron chi connectivity index (χ4n) is 1.43. The zero-order chi connectivity index (χ0) is 11.5. The fraction of sp³-hybridized carbons (Fsp3) is 0.917. The lowest BCUT2D eigenvalue weighted by molar-refractivity contribution is -0.120. The van der Waals surface area contributed by atoms with E-state index in [4.69, 9.17) is 0 Å². The number of halogens is 1. The Morgan fingerprint density at radius 2 is 1.87 bits per heavy atom. The van der Waals surface area contributed by atoms with Crippen LogP contribution in [0.15, 0.2) is 0 Å². The van der Waals surface area contributed by atoms with Gasteiger partial charge in [0.2, 0.25) is 5.91 Å². The maximum absolute atomic E-state index is 11.1. The van der Waals surface area contributed by atoms with E-state index in [9.17, 15) is 4.79 Å². The molecule has 0 aromatic rings. The van der Waals surface area contributed by atoms with Crippen LogP contribution < -0.4 is 5.32 Å². The zero-order valence-electron chi connectivity index (χ0n) is 10.0. The molecule has 0 unspecified atom stereocenters. The first-order valence-electron chi connectivity index (χ1n) is 5.99. The van der Waals surface area contributed by atoms with E-state index < -0.39 is 0 Å². The number of hydrogen-bond donors (Lipinski definition) is 1. The molecule has 0 aliphatic heterocycles. The highest BCUT2D eigenvalue weighted by molar-refractivity contribution is 9.09. The van der Waals surface area contributed by atoms with Gasteiger partial charge in [-0.3, -0.25) is 4.79 Å². The lowest BCUT2D eigenvalue weighted by Gasteiger charge is -2.05. The molecule has 0 fully saturated rings. The molecule has 0 atom stereocenters. The van der Waals surface area contributed by atoms with Crippen molar-refractivity contribution in [2.75, 3.05) is 11.9 Å². The Morgan fingerprint density at radius 3 is 2.47 bits per heavy atom. The quantitative estimate of drug-likeness (QED) is 0.507. The van der Waals surface area contributed by atoms with Crippen molar-refractivity contribution in [3.63, 3.8) is 0 Å². The molecule has 0 heterocycles. The van der Waals surface area contributed by atoms with Crippen LogP contribution in [0.2, 0.25) is 0 Å². The molecule has 0 bridgehead atoms. The Morgan fingerprint density at radius 1 is 1.20 bits per heavy atom.